The first-order valence-corrected chi connectivity index (χ1v) is 10.2. The molecule has 1 aliphatic rings. The number of benzene rings is 2. The first kappa shape index (κ1) is 23.3. The van der Waals surface area contributed by atoms with Crippen LogP contribution in [0.15, 0.2) is 48.5 Å². The Hall–Kier alpha value is -3.36. The average Bonchev–Trinajstić information content (AvgIpc) is 3.18. The predicted octanol–water partition coefficient (Wildman–Crippen LogP) is 4.04. The Morgan fingerprint density at radius 3 is 2.25 bits per heavy atom. The molecule has 0 unspecified atom stereocenters. The number of ether oxygens (including phenoxy) is 1. The highest BCUT2D eigenvalue weighted by molar-refractivity contribution is 5.98. The zero-order valence-electron chi connectivity index (χ0n) is 17.5. The zero-order valence-corrected chi connectivity index (χ0v) is 17.5. The van der Waals surface area contributed by atoms with Crippen LogP contribution in [-0.2, 0) is 27.0 Å². The number of alkyl halides is 3. The van der Waals surface area contributed by atoms with E-state index in [0.717, 1.165) is 18.6 Å². The second-order valence-electron chi connectivity index (χ2n) is 7.36. The van der Waals surface area contributed by atoms with Crippen LogP contribution in [-0.4, -0.2) is 42.4 Å². The summed E-state index contributed by atoms with van der Waals surface area (Å²) in [6, 6.07) is 10.9. The van der Waals surface area contributed by atoms with Crippen LogP contribution < -0.4 is 4.90 Å². The van der Waals surface area contributed by atoms with E-state index in [4.69, 9.17) is 4.74 Å². The summed E-state index contributed by atoms with van der Waals surface area (Å²) < 4.78 is 43.4. The lowest BCUT2D eigenvalue weighted by atomic mass is 10.1. The lowest BCUT2D eigenvalue weighted by molar-refractivity contribution is -0.144. The molecule has 3 rings (SSSR count). The molecule has 1 fully saturated rings. The van der Waals surface area contributed by atoms with Crippen LogP contribution in [0.5, 0.6) is 0 Å². The summed E-state index contributed by atoms with van der Waals surface area (Å²) in [7, 11) is 0. The molecule has 32 heavy (non-hydrogen) atoms. The Kier molecular flexibility index (Phi) is 7.17. The van der Waals surface area contributed by atoms with Gasteiger partial charge in [-0.05, 0) is 55.3 Å². The largest absolute Gasteiger partial charge is 0.465 e. The normalized spacial score (nSPS) is 13.9. The molecule has 0 atom stereocenters. The molecule has 0 radical (unpaired) electrons. The Bertz CT molecular complexity index is 972. The van der Waals surface area contributed by atoms with Gasteiger partial charge in [-0.15, -0.1) is 0 Å². The molecule has 2 aromatic rings. The van der Waals surface area contributed by atoms with Gasteiger partial charge in [-0.2, -0.15) is 13.2 Å². The fraction of sp³-hybridized carbons (Fsp3) is 0.348. The van der Waals surface area contributed by atoms with Crippen molar-refractivity contribution in [2.75, 3.05) is 24.6 Å². The molecule has 6 nitrogen and oxygen atoms in total. The van der Waals surface area contributed by atoms with Crippen molar-refractivity contribution in [1.82, 2.24) is 4.90 Å². The van der Waals surface area contributed by atoms with Crippen molar-refractivity contribution < 1.29 is 32.3 Å². The average molecular weight is 448 g/mol. The van der Waals surface area contributed by atoms with Gasteiger partial charge >= 0.3 is 12.1 Å². The molecule has 170 valence electrons. The van der Waals surface area contributed by atoms with E-state index in [2.05, 4.69) is 0 Å². The fourth-order valence-corrected chi connectivity index (χ4v) is 3.47. The molecule has 2 aromatic carbocycles. The van der Waals surface area contributed by atoms with Crippen molar-refractivity contribution in [3.05, 3.63) is 65.2 Å². The third kappa shape index (κ3) is 5.66. The second kappa shape index (κ2) is 9.84. The number of halogens is 3. The number of amides is 2. The van der Waals surface area contributed by atoms with Gasteiger partial charge in [0.25, 0.3) is 5.91 Å². The molecule has 1 heterocycles. The number of rotatable bonds is 7. The highest BCUT2D eigenvalue weighted by Crippen LogP contribution is 2.29. The molecule has 9 heteroatoms. The highest BCUT2D eigenvalue weighted by Gasteiger charge is 2.30. The van der Waals surface area contributed by atoms with Crippen molar-refractivity contribution in [1.29, 1.82) is 0 Å². The Morgan fingerprint density at radius 1 is 1.06 bits per heavy atom. The zero-order chi connectivity index (χ0) is 23.3. The van der Waals surface area contributed by atoms with Gasteiger partial charge < -0.3 is 14.5 Å². The van der Waals surface area contributed by atoms with Crippen LogP contribution in [0.25, 0.3) is 0 Å². The van der Waals surface area contributed by atoms with E-state index in [1.54, 1.807) is 36.1 Å². The van der Waals surface area contributed by atoms with Gasteiger partial charge in [-0.3, -0.25) is 14.4 Å². The van der Waals surface area contributed by atoms with Gasteiger partial charge in [-0.25, -0.2) is 0 Å². The van der Waals surface area contributed by atoms with Crippen molar-refractivity contribution in [3.8, 4) is 0 Å². The third-order valence-corrected chi connectivity index (χ3v) is 5.07. The van der Waals surface area contributed by atoms with Gasteiger partial charge in [0.05, 0.1) is 12.2 Å². The monoisotopic (exact) mass is 448 g/mol. The Labute approximate surface area is 183 Å². The number of carbonyl (C=O) groups is 3. The number of anilines is 1. The molecule has 0 saturated carbocycles. The summed E-state index contributed by atoms with van der Waals surface area (Å²) in [5, 5.41) is 0. The van der Waals surface area contributed by atoms with E-state index in [1.807, 2.05) is 0 Å². The summed E-state index contributed by atoms with van der Waals surface area (Å²) in [5.74, 6) is -1.07. The minimum atomic E-state index is -4.46. The van der Waals surface area contributed by atoms with Gasteiger partial charge in [0.2, 0.25) is 5.91 Å². The number of carbonyl (C=O) groups excluding carboxylic acids is 3. The maximum absolute atomic E-state index is 13.1. The first-order chi connectivity index (χ1) is 15.2. The Balaban J connectivity index is 1.79. The van der Waals surface area contributed by atoms with E-state index in [9.17, 15) is 27.6 Å². The van der Waals surface area contributed by atoms with Crippen LogP contribution in [0.1, 0.15) is 41.3 Å². The summed E-state index contributed by atoms with van der Waals surface area (Å²) in [5.41, 5.74) is 0.617. The van der Waals surface area contributed by atoms with Crippen LogP contribution in [0, 0.1) is 0 Å². The topological polar surface area (TPSA) is 66.9 Å². The maximum atomic E-state index is 13.1. The van der Waals surface area contributed by atoms with Crippen molar-refractivity contribution in [2.45, 2.75) is 32.5 Å². The van der Waals surface area contributed by atoms with E-state index < -0.39 is 23.6 Å². The lowest BCUT2D eigenvalue weighted by Gasteiger charge is -2.23. The minimum Gasteiger partial charge on any atom is -0.465 e. The molecular weight excluding hydrogens is 425 g/mol. The van der Waals surface area contributed by atoms with Gasteiger partial charge in [0, 0.05) is 30.8 Å². The molecule has 0 N–H and O–H groups in total. The standard InChI is InChI=1S/C23H23F3N2O4/c1-2-32-21(30)15-27(14-16-5-9-18(10-6-16)23(24,25)26)22(31)17-7-11-19(12-8-17)28-13-3-4-20(28)29/h5-12H,2-4,13-15H2,1H3. The summed E-state index contributed by atoms with van der Waals surface area (Å²) in [4.78, 5) is 39.9. The van der Waals surface area contributed by atoms with E-state index >= 15 is 0 Å². The summed E-state index contributed by atoms with van der Waals surface area (Å²) >= 11 is 0. The third-order valence-electron chi connectivity index (χ3n) is 5.07. The van der Waals surface area contributed by atoms with Crippen LogP contribution in [0.4, 0.5) is 18.9 Å². The minimum absolute atomic E-state index is 0.0234. The SMILES string of the molecule is CCOC(=O)CN(Cc1ccc(C(F)(F)F)cc1)C(=O)c1ccc(N2CCCC2=O)cc1. The van der Waals surface area contributed by atoms with Crippen LogP contribution in [0.2, 0.25) is 0 Å². The highest BCUT2D eigenvalue weighted by atomic mass is 19.4. The Morgan fingerprint density at radius 2 is 1.72 bits per heavy atom. The number of esters is 1. The number of nitrogens with zero attached hydrogens (tertiary/aromatic N) is 2. The van der Waals surface area contributed by atoms with Crippen molar-refractivity contribution in [3.63, 3.8) is 0 Å². The fourth-order valence-electron chi connectivity index (χ4n) is 3.47. The summed E-state index contributed by atoms with van der Waals surface area (Å²) in [6.45, 7) is 1.98. The van der Waals surface area contributed by atoms with Gasteiger partial charge in [0.1, 0.15) is 6.54 Å². The molecule has 1 aliphatic heterocycles. The molecular formula is C23H23F3N2O4. The smallest absolute Gasteiger partial charge is 0.416 e. The second-order valence-corrected chi connectivity index (χ2v) is 7.36. The van der Waals surface area contributed by atoms with Crippen molar-refractivity contribution in [2.24, 2.45) is 0 Å². The maximum Gasteiger partial charge on any atom is 0.416 e. The molecule has 0 aliphatic carbocycles. The van der Waals surface area contributed by atoms with Gasteiger partial charge in [-0.1, -0.05) is 12.1 Å². The summed E-state index contributed by atoms with van der Waals surface area (Å²) in [6.07, 6.45) is -3.20. The van der Waals surface area contributed by atoms with E-state index in [-0.39, 0.29) is 31.2 Å². The molecule has 1 saturated heterocycles. The predicted molar refractivity (Wildman–Crippen MR) is 111 cm³/mol. The van der Waals surface area contributed by atoms with Crippen LogP contribution in [0.3, 0.4) is 0 Å². The first-order valence-electron chi connectivity index (χ1n) is 10.2. The quantitative estimate of drug-likeness (QED) is 0.600. The number of hydrogen-bond donors (Lipinski definition) is 0. The molecule has 0 bridgehead atoms. The van der Waals surface area contributed by atoms with E-state index in [1.165, 1.54) is 17.0 Å². The molecule has 0 aromatic heterocycles. The molecule has 0 spiro atoms. The van der Waals surface area contributed by atoms with Crippen LogP contribution >= 0.6 is 0 Å². The van der Waals surface area contributed by atoms with Gasteiger partial charge in [0.15, 0.2) is 0 Å². The lowest BCUT2D eigenvalue weighted by Crippen LogP contribution is -2.36. The molecule has 2 amide bonds. The van der Waals surface area contributed by atoms with Crippen molar-refractivity contribution >= 4 is 23.5 Å². The number of hydrogen-bond acceptors (Lipinski definition) is 4. The van der Waals surface area contributed by atoms with E-state index in [0.29, 0.717) is 24.2 Å².